The molecule has 0 unspecified atom stereocenters. The molecule has 1 N–H and O–H groups in total. The first-order chi connectivity index (χ1) is 18.7. The summed E-state index contributed by atoms with van der Waals surface area (Å²) in [7, 11) is 0. The molecule has 7 heteroatoms. The van der Waals surface area contributed by atoms with Crippen LogP contribution in [0.2, 0.25) is 0 Å². The SMILES string of the molecule is CC[C@H](C)CN(CC(=O)N1CCc2sccc2[C@H]1COc1ccc(C(C)C)cc1)C(=O)Nc1ccc(C)cc1. The van der Waals surface area contributed by atoms with Gasteiger partial charge in [0.25, 0.3) is 0 Å². The van der Waals surface area contributed by atoms with Crippen LogP contribution in [0, 0.1) is 12.8 Å². The van der Waals surface area contributed by atoms with Crippen LogP contribution in [0.1, 0.15) is 67.6 Å². The predicted octanol–water partition coefficient (Wildman–Crippen LogP) is 7.26. The molecule has 2 atom stereocenters. The van der Waals surface area contributed by atoms with Crippen LogP contribution in [0.4, 0.5) is 10.5 Å². The number of ether oxygens (including phenoxy) is 1. The molecule has 4 rings (SSSR count). The molecule has 1 aliphatic heterocycles. The molecule has 39 heavy (non-hydrogen) atoms. The molecule has 3 aromatic rings. The van der Waals surface area contributed by atoms with Crippen molar-refractivity contribution in [3.05, 3.63) is 81.5 Å². The maximum absolute atomic E-state index is 13.8. The highest BCUT2D eigenvalue weighted by Gasteiger charge is 2.33. The van der Waals surface area contributed by atoms with Crippen LogP contribution >= 0.6 is 11.3 Å². The molecule has 0 bridgehead atoms. The van der Waals surface area contributed by atoms with Gasteiger partial charge in [-0.1, -0.05) is 63.9 Å². The van der Waals surface area contributed by atoms with Gasteiger partial charge in [-0.25, -0.2) is 4.79 Å². The number of aryl methyl sites for hydroxylation is 1. The Kier molecular flexibility index (Phi) is 9.68. The van der Waals surface area contributed by atoms with Crippen molar-refractivity contribution in [1.82, 2.24) is 9.80 Å². The molecule has 0 spiro atoms. The van der Waals surface area contributed by atoms with E-state index in [9.17, 15) is 9.59 Å². The maximum Gasteiger partial charge on any atom is 0.322 e. The third-order valence-corrected chi connectivity index (χ3v) is 8.51. The van der Waals surface area contributed by atoms with Gasteiger partial charge in [-0.3, -0.25) is 4.79 Å². The number of rotatable bonds is 10. The Morgan fingerprint density at radius 3 is 2.46 bits per heavy atom. The molecule has 3 amide bonds. The van der Waals surface area contributed by atoms with Crippen molar-refractivity contribution in [2.75, 3.05) is 31.6 Å². The second-order valence-corrected chi connectivity index (χ2v) is 11.9. The van der Waals surface area contributed by atoms with E-state index < -0.39 is 0 Å². The Morgan fingerprint density at radius 1 is 1.08 bits per heavy atom. The highest BCUT2D eigenvalue weighted by atomic mass is 32.1. The van der Waals surface area contributed by atoms with Gasteiger partial charge in [-0.15, -0.1) is 11.3 Å². The number of carbonyl (C=O) groups excluding carboxylic acids is 2. The van der Waals surface area contributed by atoms with Crippen molar-refractivity contribution < 1.29 is 14.3 Å². The summed E-state index contributed by atoms with van der Waals surface area (Å²) in [4.78, 5) is 32.0. The van der Waals surface area contributed by atoms with Gasteiger partial charge in [-0.2, -0.15) is 0 Å². The van der Waals surface area contributed by atoms with Crippen molar-refractivity contribution in [3.63, 3.8) is 0 Å². The minimum Gasteiger partial charge on any atom is -0.491 e. The van der Waals surface area contributed by atoms with Gasteiger partial charge in [0.1, 0.15) is 18.9 Å². The molecule has 1 aromatic heterocycles. The summed E-state index contributed by atoms with van der Waals surface area (Å²) in [5.74, 6) is 1.47. The standard InChI is InChI=1S/C32H41N3O3S/c1-6-23(4)19-34(32(37)33-26-11-7-24(5)8-12-26)20-31(36)35-17-15-30-28(16-18-39-30)29(35)21-38-27-13-9-25(10-14-27)22(2)3/h7-14,16,18,22-23,29H,6,15,17,19-21H2,1-5H3,(H,33,37)/t23-,29+/m0/s1. The van der Waals surface area contributed by atoms with Crippen LogP contribution in [0.25, 0.3) is 0 Å². The Labute approximate surface area is 237 Å². The van der Waals surface area contributed by atoms with E-state index in [0.29, 0.717) is 25.6 Å². The van der Waals surface area contributed by atoms with E-state index in [1.807, 2.05) is 48.2 Å². The van der Waals surface area contributed by atoms with Crippen LogP contribution in [-0.2, 0) is 11.2 Å². The number of urea groups is 1. The predicted molar refractivity (Wildman–Crippen MR) is 160 cm³/mol. The number of hydrogen-bond acceptors (Lipinski definition) is 4. The van der Waals surface area contributed by atoms with Gasteiger partial charge in [0.2, 0.25) is 5.91 Å². The molecular formula is C32H41N3O3S. The Hall–Kier alpha value is -3.32. The summed E-state index contributed by atoms with van der Waals surface area (Å²) in [6.45, 7) is 12.1. The minimum absolute atomic E-state index is 0.0289. The number of carbonyl (C=O) groups is 2. The van der Waals surface area contributed by atoms with Gasteiger partial charge in [0.15, 0.2) is 0 Å². The van der Waals surface area contributed by atoms with Gasteiger partial charge in [0, 0.05) is 23.7 Å². The number of nitrogens with one attached hydrogen (secondary N) is 1. The van der Waals surface area contributed by atoms with E-state index in [1.165, 1.54) is 10.4 Å². The van der Waals surface area contributed by atoms with Gasteiger partial charge >= 0.3 is 6.03 Å². The Morgan fingerprint density at radius 2 is 1.79 bits per heavy atom. The van der Waals surface area contributed by atoms with E-state index in [-0.39, 0.29) is 30.4 Å². The van der Waals surface area contributed by atoms with E-state index in [1.54, 1.807) is 16.2 Å². The van der Waals surface area contributed by atoms with E-state index >= 15 is 0 Å². The molecular weight excluding hydrogens is 506 g/mol. The lowest BCUT2D eigenvalue weighted by Gasteiger charge is -2.37. The van der Waals surface area contributed by atoms with E-state index in [0.717, 1.165) is 35.4 Å². The zero-order valence-electron chi connectivity index (χ0n) is 23.8. The molecule has 2 aromatic carbocycles. The normalized spacial score (nSPS) is 15.5. The molecule has 0 aliphatic carbocycles. The van der Waals surface area contributed by atoms with Gasteiger partial charge in [0.05, 0.1) is 6.04 Å². The van der Waals surface area contributed by atoms with Crippen molar-refractivity contribution in [2.24, 2.45) is 5.92 Å². The first-order valence-electron chi connectivity index (χ1n) is 14.0. The number of thiophene rings is 1. The van der Waals surface area contributed by atoms with E-state index in [4.69, 9.17) is 4.74 Å². The highest BCUT2D eigenvalue weighted by Crippen LogP contribution is 2.34. The van der Waals surface area contributed by atoms with Crippen molar-refractivity contribution >= 4 is 29.0 Å². The van der Waals surface area contributed by atoms with Crippen LogP contribution in [0.5, 0.6) is 5.75 Å². The lowest BCUT2D eigenvalue weighted by molar-refractivity contribution is -0.135. The average Bonchev–Trinajstić information content (AvgIpc) is 3.42. The van der Waals surface area contributed by atoms with Crippen LogP contribution in [-0.4, -0.2) is 48.0 Å². The Bertz CT molecular complexity index is 1240. The number of benzene rings is 2. The summed E-state index contributed by atoms with van der Waals surface area (Å²) in [6, 6.07) is 17.6. The topological polar surface area (TPSA) is 61.9 Å². The van der Waals surface area contributed by atoms with Crippen LogP contribution in [0.3, 0.4) is 0 Å². The number of fused-ring (bicyclic) bond motifs is 1. The summed E-state index contributed by atoms with van der Waals surface area (Å²) in [5.41, 5.74) is 4.27. The molecule has 1 aliphatic rings. The molecule has 0 saturated heterocycles. The molecule has 0 fully saturated rings. The molecule has 208 valence electrons. The summed E-state index contributed by atoms with van der Waals surface area (Å²) >= 11 is 1.73. The number of anilines is 1. The highest BCUT2D eigenvalue weighted by molar-refractivity contribution is 7.10. The van der Waals surface area contributed by atoms with Crippen molar-refractivity contribution in [2.45, 2.75) is 59.4 Å². The largest absolute Gasteiger partial charge is 0.491 e. The minimum atomic E-state index is -0.251. The second kappa shape index (κ2) is 13.2. The second-order valence-electron chi connectivity index (χ2n) is 10.9. The monoisotopic (exact) mass is 547 g/mol. The van der Waals surface area contributed by atoms with E-state index in [2.05, 4.69) is 56.6 Å². The lowest BCUT2D eigenvalue weighted by Crippen LogP contribution is -2.49. The summed E-state index contributed by atoms with van der Waals surface area (Å²) in [6.07, 6.45) is 1.75. The fourth-order valence-corrected chi connectivity index (χ4v) is 5.75. The van der Waals surface area contributed by atoms with Gasteiger partial charge in [-0.05, 0) is 72.0 Å². The summed E-state index contributed by atoms with van der Waals surface area (Å²) < 4.78 is 6.23. The first-order valence-corrected chi connectivity index (χ1v) is 14.8. The number of nitrogens with zero attached hydrogens (tertiary/aromatic N) is 2. The zero-order valence-corrected chi connectivity index (χ0v) is 24.6. The third-order valence-electron chi connectivity index (χ3n) is 7.52. The first kappa shape index (κ1) is 28.7. The molecule has 0 radical (unpaired) electrons. The molecule has 0 saturated carbocycles. The molecule has 6 nitrogen and oxygen atoms in total. The average molecular weight is 548 g/mol. The van der Waals surface area contributed by atoms with Crippen molar-refractivity contribution in [3.8, 4) is 5.75 Å². The fraction of sp³-hybridized carbons (Fsp3) is 0.438. The van der Waals surface area contributed by atoms with Crippen LogP contribution in [0.15, 0.2) is 60.0 Å². The molecule has 2 heterocycles. The summed E-state index contributed by atoms with van der Waals surface area (Å²) in [5, 5.41) is 5.07. The third kappa shape index (κ3) is 7.41. The number of amides is 3. The van der Waals surface area contributed by atoms with Crippen molar-refractivity contribution in [1.29, 1.82) is 0 Å². The quantitative estimate of drug-likeness (QED) is 0.290. The van der Waals surface area contributed by atoms with Gasteiger partial charge < -0.3 is 19.9 Å². The fourth-order valence-electron chi connectivity index (χ4n) is 4.82. The smallest absolute Gasteiger partial charge is 0.322 e. The lowest BCUT2D eigenvalue weighted by atomic mass is 10.00. The maximum atomic E-state index is 13.8. The number of hydrogen-bond donors (Lipinski definition) is 1. The zero-order chi connectivity index (χ0) is 27.9. The van der Waals surface area contributed by atoms with Crippen LogP contribution < -0.4 is 10.1 Å². The Balaban J connectivity index is 1.49.